The fourth-order valence-electron chi connectivity index (χ4n) is 1.75. The lowest BCUT2D eigenvalue weighted by Gasteiger charge is -2.06. The van der Waals surface area contributed by atoms with Gasteiger partial charge in [-0.3, -0.25) is 9.78 Å². The number of carbonyl (C=O) groups excluding carboxylic acids is 1. The van der Waals surface area contributed by atoms with E-state index in [9.17, 15) is 4.79 Å². The number of rotatable bonds is 3. The molecule has 1 saturated carbocycles. The second kappa shape index (κ2) is 4.21. The molecule has 1 amide bonds. The maximum Gasteiger partial charge on any atom is 0.255 e. The van der Waals surface area contributed by atoms with Crippen LogP contribution in [-0.4, -0.2) is 26.2 Å². The zero-order chi connectivity index (χ0) is 13.3. The van der Waals surface area contributed by atoms with Crippen LogP contribution in [0.15, 0.2) is 36.9 Å². The van der Waals surface area contributed by atoms with Gasteiger partial charge in [0, 0.05) is 12.4 Å². The molecule has 0 radical (unpaired) electrons. The van der Waals surface area contributed by atoms with E-state index in [2.05, 4.69) is 21.5 Å². The Kier molecular flexibility index (Phi) is 2.53. The monoisotopic (exact) mass is 253 g/mol. The van der Waals surface area contributed by atoms with E-state index >= 15 is 0 Å². The molecule has 2 aromatic heterocycles. The molecule has 1 aliphatic carbocycles. The molecular formula is C13H11N5O. The third-order valence-corrected chi connectivity index (χ3v) is 3.07. The summed E-state index contributed by atoms with van der Waals surface area (Å²) in [5.74, 6) is -0.269. The van der Waals surface area contributed by atoms with Gasteiger partial charge in [-0.05, 0) is 25.0 Å². The topological polar surface area (TPSA) is 83.6 Å². The van der Waals surface area contributed by atoms with Crippen LogP contribution in [0.3, 0.4) is 0 Å². The summed E-state index contributed by atoms with van der Waals surface area (Å²) in [5, 5.41) is 15.8. The lowest BCUT2D eigenvalue weighted by atomic mass is 10.2. The van der Waals surface area contributed by atoms with Crippen molar-refractivity contribution in [3.8, 4) is 11.8 Å². The van der Waals surface area contributed by atoms with Crippen molar-refractivity contribution in [1.29, 1.82) is 5.26 Å². The number of nitrogens with one attached hydrogen (secondary N) is 1. The molecule has 0 aliphatic heterocycles. The highest BCUT2D eigenvalue weighted by molar-refractivity contribution is 5.94. The molecule has 0 bridgehead atoms. The van der Waals surface area contributed by atoms with Crippen molar-refractivity contribution in [1.82, 2.24) is 20.1 Å². The van der Waals surface area contributed by atoms with Gasteiger partial charge < -0.3 is 5.32 Å². The second-order valence-corrected chi connectivity index (χ2v) is 4.53. The highest BCUT2D eigenvalue weighted by atomic mass is 16.1. The first-order valence-electron chi connectivity index (χ1n) is 5.91. The predicted octanol–water partition coefficient (Wildman–Crippen LogP) is 1.05. The summed E-state index contributed by atoms with van der Waals surface area (Å²) in [6, 6.07) is 5.77. The smallest absolute Gasteiger partial charge is 0.255 e. The molecule has 19 heavy (non-hydrogen) atoms. The molecule has 94 valence electrons. The summed E-state index contributed by atoms with van der Waals surface area (Å²) < 4.78 is 1.58. The Morgan fingerprint density at radius 2 is 2.32 bits per heavy atom. The maximum absolute atomic E-state index is 12.0. The Balaban J connectivity index is 1.79. The van der Waals surface area contributed by atoms with Crippen molar-refractivity contribution < 1.29 is 4.79 Å². The molecule has 6 heteroatoms. The van der Waals surface area contributed by atoms with Gasteiger partial charge >= 0.3 is 0 Å². The minimum Gasteiger partial charge on any atom is -0.334 e. The lowest BCUT2D eigenvalue weighted by Crippen LogP contribution is -2.35. The Morgan fingerprint density at radius 3 is 2.95 bits per heavy atom. The van der Waals surface area contributed by atoms with E-state index in [1.54, 1.807) is 29.3 Å². The van der Waals surface area contributed by atoms with Crippen LogP contribution in [0.5, 0.6) is 0 Å². The summed E-state index contributed by atoms with van der Waals surface area (Å²) in [4.78, 5) is 16.0. The van der Waals surface area contributed by atoms with Gasteiger partial charge in [0.15, 0.2) is 0 Å². The summed E-state index contributed by atoms with van der Waals surface area (Å²) in [6.45, 7) is 0. The average Bonchev–Trinajstić information content (AvgIpc) is 3.04. The first-order valence-corrected chi connectivity index (χ1v) is 5.91. The van der Waals surface area contributed by atoms with Crippen LogP contribution < -0.4 is 5.32 Å². The van der Waals surface area contributed by atoms with Gasteiger partial charge in [-0.2, -0.15) is 10.4 Å². The number of nitriles is 1. The number of carbonyl (C=O) groups is 1. The van der Waals surface area contributed by atoms with Crippen LogP contribution >= 0.6 is 0 Å². The summed E-state index contributed by atoms with van der Waals surface area (Å²) in [7, 11) is 0. The molecule has 1 fully saturated rings. The Morgan fingerprint density at radius 1 is 1.47 bits per heavy atom. The van der Waals surface area contributed by atoms with Gasteiger partial charge in [-0.25, -0.2) is 4.68 Å². The molecule has 0 atom stereocenters. The number of hydrogen-bond acceptors (Lipinski definition) is 4. The normalized spacial score (nSPS) is 15.5. The molecule has 3 rings (SSSR count). The Bertz CT molecular complexity index is 651. The summed E-state index contributed by atoms with van der Waals surface area (Å²) >= 11 is 0. The molecule has 2 heterocycles. The van der Waals surface area contributed by atoms with E-state index in [1.807, 2.05) is 6.07 Å². The molecule has 1 aliphatic rings. The van der Waals surface area contributed by atoms with E-state index in [0.29, 0.717) is 18.4 Å². The van der Waals surface area contributed by atoms with Crippen molar-refractivity contribution in [2.45, 2.75) is 18.4 Å². The van der Waals surface area contributed by atoms with E-state index in [4.69, 9.17) is 5.26 Å². The lowest BCUT2D eigenvalue weighted by molar-refractivity contribution is 0.0941. The molecule has 0 spiro atoms. The third-order valence-electron chi connectivity index (χ3n) is 3.07. The Hall–Kier alpha value is -2.68. The predicted molar refractivity (Wildman–Crippen MR) is 66.4 cm³/mol. The molecule has 0 saturated heterocycles. The standard InChI is InChI=1S/C13H11N5O/c14-9-13(3-4-13)17-12(19)10-6-16-18(8-10)11-2-1-5-15-7-11/h1-2,5-8H,3-4H2,(H,17,19). The van der Waals surface area contributed by atoms with Gasteiger partial charge in [-0.1, -0.05) is 0 Å². The van der Waals surface area contributed by atoms with Crippen LogP contribution in [0.2, 0.25) is 0 Å². The third kappa shape index (κ3) is 2.18. The van der Waals surface area contributed by atoms with Crippen molar-refractivity contribution >= 4 is 5.91 Å². The van der Waals surface area contributed by atoms with Crippen molar-refractivity contribution in [3.05, 3.63) is 42.5 Å². The van der Waals surface area contributed by atoms with Crippen molar-refractivity contribution in [3.63, 3.8) is 0 Å². The highest BCUT2D eigenvalue weighted by Gasteiger charge is 2.44. The molecule has 0 aromatic carbocycles. The van der Waals surface area contributed by atoms with Crippen molar-refractivity contribution in [2.24, 2.45) is 0 Å². The fraction of sp³-hybridized carbons (Fsp3) is 0.231. The molecule has 0 unspecified atom stereocenters. The highest BCUT2D eigenvalue weighted by Crippen LogP contribution is 2.34. The van der Waals surface area contributed by atoms with Crippen LogP contribution in [0.1, 0.15) is 23.2 Å². The minimum absolute atomic E-state index is 0.269. The van der Waals surface area contributed by atoms with E-state index in [0.717, 1.165) is 5.69 Å². The average molecular weight is 253 g/mol. The molecule has 2 aromatic rings. The second-order valence-electron chi connectivity index (χ2n) is 4.53. The summed E-state index contributed by atoms with van der Waals surface area (Å²) in [6.07, 6.45) is 7.87. The SMILES string of the molecule is N#CC1(NC(=O)c2cnn(-c3cccnc3)c2)CC1. The number of nitrogens with zero attached hydrogens (tertiary/aromatic N) is 4. The largest absolute Gasteiger partial charge is 0.334 e. The molecule has 1 N–H and O–H groups in total. The quantitative estimate of drug-likeness (QED) is 0.886. The zero-order valence-electron chi connectivity index (χ0n) is 10.1. The van der Waals surface area contributed by atoms with Gasteiger partial charge in [-0.15, -0.1) is 0 Å². The van der Waals surface area contributed by atoms with Gasteiger partial charge in [0.2, 0.25) is 0 Å². The molecule has 6 nitrogen and oxygen atoms in total. The van der Waals surface area contributed by atoms with Crippen LogP contribution in [0.25, 0.3) is 5.69 Å². The van der Waals surface area contributed by atoms with Crippen LogP contribution in [-0.2, 0) is 0 Å². The van der Waals surface area contributed by atoms with Crippen LogP contribution in [0, 0.1) is 11.3 Å². The summed E-state index contributed by atoms with van der Waals surface area (Å²) in [5.41, 5.74) is 0.557. The fourth-order valence-corrected chi connectivity index (χ4v) is 1.75. The number of amides is 1. The number of hydrogen-bond donors (Lipinski definition) is 1. The van der Waals surface area contributed by atoms with E-state index in [-0.39, 0.29) is 5.91 Å². The maximum atomic E-state index is 12.0. The van der Waals surface area contributed by atoms with E-state index in [1.165, 1.54) is 6.20 Å². The van der Waals surface area contributed by atoms with Gasteiger partial charge in [0.05, 0.1) is 29.7 Å². The number of aromatic nitrogens is 3. The Labute approximate surface area is 109 Å². The van der Waals surface area contributed by atoms with E-state index < -0.39 is 5.54 Å². The minimum atomic E-state index is -0.659. The first-order chi connectivity index (χ1) is 9.22. The van der Waals surface area contributed by atoms with Crippen molar-refractivity contribution in [2.75, 3.05) is 0 Å². The first kappa shape index (κ1) is 11.4. The van der Waals surface area contributed by atoms with Gasteiger partial charge in [0.1, 0.15) is 5.54 Å². The number of pyridine rings is 1. The van der Waals surface area contributed by atoms with Gasteiger partial charge in [0.25, 0.3) is 5.91 Å². The van der Waals surface area contributed by atoms with Crippen LogP contribution in [0.4, 0.5) is 0 Å². The molecular weight excluding hydrogens is 242 g/mol. The zero-order valence-corrected chi connectivity index (χ0v) is 10.1.